The van der Waals surface area contributed by atoms with Gasteiger partial charge in [-0.3, -0.25) is 14.4 Å². The molecule has 2 N–H and O–H groups in total. The van der Waals surface area contributed by atoms with Crippen molar-refractivity contribution >= 4 is 34.5 Å². The van der Waals surface area contributed by atoms with Gasteiger partial charge in [-0.05, 0) is 44.4 Å². The van der Waals surface area contributed by atoms with Crippen LogP contribution in [0.25, 0.3) is 0 Å². The predicted octanol–water partition coefficient (Wildman–Crippen LogP) is 3.19. The van der Waals surface area contributed by atoms with Crippen LogP contribution >= 0.6 is 11.8 Å². The van der Waals surface area contributed by atoms with E-state index in [1.54, 1.807) is 11.8 Å². The normalized spacial score (nSPS) is 27.5. The second kappa shape index (κ2) is 10.8. The van der Waals surface area contributed by atoms with Crippen molar-refractivity contribution in [1.29, 1.82) is 0 Å². The third-order valence-electron chi connectivity index (χ3n) is 7.43. The van der Waals surface area contributed by atoms with Gasteiger partial charge < -0.3 is 10.2 Å². The fourth-order valence-corrected chi connectivity index (χ4v) is 6.79. The Labute approximate surface area is 189 Å². The first kappa shape index (κ1) is 22.6. The molecule has 172 valence electrons. The molecule has 0 aromatic carbocycles. The standard InChI is InChI=1S/C23H36N4O3S/c28-20(22(30)25-26-23-27-14-8-13-18(27)15-31-23)19(16-9-6-3-7-10-16)24-21(29)17-11-4-1-2-5-12-17/h16-19H,1-15H2,(H,24,29)(H,25,30)/b26-23-/t18-,19?/m1/s1. The van der Waals surface area contributed by atoms with Gasteiger partial charge in [0, 0.05) is 24.3 Å². The van der Waals surface area contributed by atoms with Crippen molar-refractivity contribution < 1.29 is 14.4 Å². The van der Waals surface area contributed by atoms with Gasteiger partial charge in [0.2, 0.25) is 11.7 Å². The molecule has 0 radical (unpaired) electrons. The smallest absolute Gasteiger partial charge is 0.309 e. The second-order valence-corrected chi connectivity index (χ2v) is 10.6. The van der Waals surface area contributed by atoms with Gasteiger partial charge in [0.05, 0.1) is 0 Å². The number of thioether (sulfide) groups is 1. The van der Waals surface area contributed by atoms with Gasteiger partial charge in [-0.2, -0.15) is 0 Å². The minimum absolute atomic E-state index is 0.0355. The molecule has 1 unspecified atom stereocenters. The van der Waals surface area contributed by atoms with Crippen molar-refractivity contribution in [3.8, 4) is 0 Å². The van der Waals surface area contributed by atoms with Crippen LogP contribution in [0.2, 0.25) is 0 Å². The van der Waals surface area contributed by atoms with Crippen LogP contribution in [0.15, 0.2) is 5.10 Å². The molecule has 31 heavy (non-hydrogen) atoms. The molecule has 0 aromatic heterocycles. The quantitative estimate of drug-likeness (QED) is 0.370. The van der Waals surface area contributed by atoms with E-state index in [9.17, 15) is 14.4 Å². The molecule has 4 rings (SSSR count). The summed E-state index contributed by atoms with van der Waals surface area (Å²) in [7, 11) is 0. The van der Waals surface area contributed by atoms with Gasteiger partial charge in [0.25, 0.3) is 0 Å². The number of hydrazone groups is 1. The lowest BCUT2D eigenvalue weighted by Gasteiger charge is -2.30. The Morgan fingerprint density at radius 3 is 2.32 bits per heavy atom. The molecular weight excluding hydrogens is 412 g/mol. The lowest BCUT2D eigenvalue weighted by Crippen LogP contribution is -2.52. The number of nitrogens with zero attached hydrogens (tertiary/aromatic N) is 2. The molecule has 4 aliphatic rings. The molecule has 7 nitrogen and oxygen atoms in total. The van der Waals surface area contributed by atoms with Crippen LogP contribution in [0.5, 0.6) is 0 Å². The molecule has 2 heterocycles. The Bertz CT molecular complexity index is 699. The number of nitrogens with one attached hydrogen (secondary N) is 2. The van der Waals surface area contributed by atoms with Crippen molar-refractivity contribution in [2.75, 3.05) is 12.3 Å². The monoisotopic (exact) mass is 448 g/mol. The maximum absolute atomic E-state index is 13.1. The molecule has 0 spiro atoms. The van der Waals surface area contributed by atoms with Crippen LogP contribution in [0, 0.1) is 11.8 Å². The molecule has 2 amide bonds. The van der Waals surface area contributed by atoms with E-state index in [0.717, 1.165) is 88.1 Å². The van der Waals surface area contributed by atoms with E-state index in [0.29, 0.717) is 6.04 Å². The number of amidine groups is 1. The topological polar surface area (TPSA) is 90.9 Å². The summed E-state index contributed by atoms with van der Waals surface area (Å²) >= 11 is 1.64. The van der Waals surface area contributed by atoms with Gasteiger partial charge in [-0.25, -0.2) is 5.43 Å². The van der Waals surface area contributed by atoms with E-state index in [1.807, 2.05) is 0 Å². The highest BCUT2D eigenvalue weighted by Crippen LogP contribution is 2.32. The van der Waals surface area contributed by atoms with Gasteiger partial charge in [0.1, 0.15) is 6.04 Å². The molecule has 2 aliphatic heterocycles. The van der Waals surface area contributed by atoms with E-state index in [2.05, 4.69) is 20.7 Å². The summed E-state index contributed by atoms with van der Waals surface area (Å²) in [6, 6.07) is -0.225. The molecule has 0 aromatic rings. The summed E-state index contributed by atoms with van der Waals surface area (Å²) < 4.78 is 0. The summed E-state index contributed by atoms with van der Waals surface area (Å²) in [6.07, 6.45) is 13.6. The zero-order valence-electron chi connectivity index (χ0n) is 18.4. The zero-order chi connectivity index (χ0) is 21.6. The highest BCUT2D eigenvalue weighted by molar-refractivity contribution is 8.14. The minimum Gasteiger partial charge on any atom is -0.346 e. The largest absolute Gasteiger partial charge is 0.346 e. The first-order valence-corrected chi connectivity index (χ1v) is 13.2. The molecule has 2 atom stereocenters. The van der Waals surface area contributed by atoms with Crippen LogP contribution in [0.1, 0.15) is 83.5 Å². The summed E-state index contributed by atoms with van der Waals surface area (Å²) in [5.74, 6) is -0.294. The number of Topliss-reactive ketones (excluding diaryl/α,β-unsaturated/α-hetero) is 1. The van der Waals surface area contributed by atoms with Crippen LogP contribution in [0.3, 0.4) is 0 Å². The Morgan fingerprint density at radius 1 is 0.903 bits per heavy atom. The highest BCUT2D eigenvalue weighted by atomic mass is 32.2. The van der Waals surface area contributed by atoms with E-state index >= 15 is 0 Å². The number of hydrogen-bond donors (Lipinski definition) is 2. The summed E-state index contributed by atoms with van der Waals surface area (Å²) in [6.45, 7) is 0.961. The van der Waals surface area contributed by atoms with Crippen molar-refractivity contribution in [3.63, 3.8) is 0 Å². The lowest BCUT2D eigenvalue weighted by molar-refractivity contribution is -0.141. The van der Waals surface area contributed by atoms with Gasteiger partial charge in [0.15, 0.2) is 5.17 Å². The molecule has 2 saturated heterocycles. The SMILES string of the molecule is O=C(N/N=C1\SC[C@H]2CCCN12)C(=O)C(NC(=O)C1CCCCCC1)C1CCCCC1. The Kier molecular flexibility index (Phi) is 7.91. The van der Waals surface area contributed by atoms with E-state index in [4.69, 9.17) is 0 Å². The summed E-state index contributed by atoms with van der Waals surface area (Å²) in [5, 5.41) is 8.09. The number of rotatable bonds is 6. The Balaban J connectivity index is 1.40. The number of carbonyl (C=O) groups excluding carboxylic acids is 3. The average Bonchev–Trinajstić information content (AvgIpc) is 3.30. The number of amides is 2. The van der Waals surface area contributed by atoms with E-state index < -0.39 is 17.7 Å². The fourth-order valence-electron chi connectivity index (χ4n) is 5.58. The van der Waals surface area contributed by atoms with E-state index in [-0.39, 0.29) is 17.7 Å². The maximum Gasteiger partial charge on any atom is 0.309 e. The highest BCUT2D eigenvalue weighted by Gasteiger charge is 2.37. The predicted molar refractivity (Wildman–Crippen MR) is 122 cm³/mol. The average molecular weight is 449 g/mol. The van der Waals surface area contributed by atoms with Crippen LogP contribution in [-0.4, -0.2) is 52.0 Å². The van der Waals surface area contributed by atoms with Gasteiger partial charge in [-0.1, -0.05) is 56.7 Å². The van der Waals surface area contributed by atoms with Crippen LogP contribution in [0.4, 0.5) is 0 Å². The number of hydrogen-bond acceptors (Lipinski definition) is 5. The Morgan fingerprint density at radius 2 is 1.58 bits per heavy atom. The third-order valence-corrected chi connectivity index (χ3v) is 8.57. The van der Waals surface area contributed by atoms with Crippen molar-refractivity contribution in [2.24, 2.45) is 16.9 Å². The van der Waals surface area contributed by atoms with Gasteiger partial charge >= 0.3 is 5.91 Å². The molecule has 0 bridgehead atoms. The molecule has 4 fully saturated rings. The second-order valence-electron chi connectivity index (χ2n) is 9.57. The van der Waals surface area contributed by atoms with E-state index in [1.165, 1.54) is 12.8 Å². The number of carbonyl (C=O) groups is 3. The van der Waals surface area contributed by atoms with Crippen molar-refractivity contribution in [3.05, 3.63) is 0 Å². The third kappa shape index (κ3) is 5.62. The van der Waals surface area contributed by atoms with Crippen LogP contribution in [-0.2, 0) is 14.4 Å². The summed E-state index contributed by atoms with van der Waals surface area (Å²) in [4.78, 5) is 41.1. The van der Waals surface area contributed by atoms with Crippen molar-refractivity contribution in [2.45, 2.75) is 95.6 Å². The summed E-state index contributed by atoms with van der Waals surface area (Å²) in [5.41, 5.74) is 2.51. The van der Waals surface area contributed by atoms with Crippen LogP contribution < -0.4 is 10.7 Å². The minimum atomic E-state index is -0.730. The first-order valence-electron chi connectivity index (χ1n) is 12.2. The zero-order valence-corrected chi connectivity index (χ0v) is 19.3. The van der Waals surface area contributed by atoms with Gasteiger partial charge in [-0.15, -0.1) is 5.10 Å². The number of fused-ring (bicyclic) bond motifs is 1. The maximum atomic E-state index is 13.1. The number of ketones is 1. The molecular formula is C23H36N4O3S. The van der Waals surface area contributed by atoms with Crippen molar-refractivity contribution in [1.82, 2.24) is 15.6 Å². The fraction of sp³-hybridized carbons (Fsp3) is 0.826. The molecule has 2 saturated carbocycles. The lowest BCUT2D eigenvalue weighted by atomic mass is 9.81. The molecule has 2 aliphatic carbocycles. The Hall–Kier alpha value is -1.57. The molecule has 8 heteroatoms. The first-order chi connectivity index (χ1) is 15.1.